The Morgan fingerprint density at radius 2 is 1.28 bits per heavy atom. The molecule has 139 valence electrons. The van der Waals surface area contributed by atoms with Gasteiger partial charge in [0, 0.05) is 98.1 Å². The molecule has 0 amide bonds. The maximum Gasteiger partial charge on any atom is 0 e. The fourth-order valence-corrected chi connectivity index (χ4v) is 3.55. The van der Waals surface area contributed by atoms with Crippen LogP contribution in [0.1, 0.15) is 38.5 Å². The maximum absolute atomic E-state index is 4.51. The summed E-state index contributed by atoms with van der Waals surface area (Å²) in [5.74, 6) is 0. The van der Waals surface area contributed by atoms with Crippen LogP contribution in [-0.2, 0) is 98.1 Å². The first-order chi connectivity index (χ1) is 10.7. The van der Waals surface area contributed by atoms with Gasteiger partial charge in [0.15, 0.2) is 0 Å². The molecule has 8 heteroatoms. The molecular formula is C17H34N5Y3-3. The van der Waals surface area contributed by atoms with Crippen LogP contribution < -0.4 is 10.6 Å². The zero-order valence-electron chi connectivity index (χ0n) is 16.3. The van der Waals surface area contributed by atoms with E-state index in [1.54, 1.807) is 14.1 Å². The third kappa shape index (κ3) is 11.8. The average molecular weight is 575 g/mol. The molecule has 0 aromatic carbocycles. The largest absolute Gasteiger partial charge is 0.668 e. The summed E-state index contributed by atoms with van der Waals surface area (Å²) in [6.07, 6.45) is 8.16. The van der Waals surface area contributed by atoms with Crippen LogP contribution in [0.25, 0.3) is 16.0 Å². The van der Waals surface area contributed by atoms with Crippen LogP contribution in [-0.4, -0.2) is 65.4 Å². The second kappa shape index (κ2) is 16.9. The molecule has 0 bridgehead atoms. The molecule has 0 unspecified atom stereocenters. The summed E-state index contributed by atoms with van der Waals surface area (Å²) in [7, 11) is 3.50. The van der Waals surface area contributed by atoms with Crippen LogP contribution in [0, 0.1) is 5.41 Å². The first-order valence-electron chi connectivity index (χ1n) is 8.96. The third-order valence-corrected chi connectivity index (χ3v) is 5.28. The topological polar surface area (TPSA) is 66.4 Å². The molecule has 0 aromatic heterocycles. The Morgan fingerprint density at radius 1 is 0.720 bits per heavy atom. The SMILES string of the molecule is C1CC2(CC[N-]1)CCNCC2.C1CNCC2(CC2)[N-]1.C[N-]C.[Y].[Y].[Y]. The Kier molecular flexibility index (Phi) is 20.4. The smallest absolute Gasteiger partial charge is 0 e. The standard InChI is InChI=1S/C9H17N2.C6H11N2.C2H6N.3Y/c1-5-10-6-2-9(1)3-7-11-8-4-9;1-2-6(1)5-7-3-4-8-6;1-3-2;;;/h10H,1-8H2;7H,1-5H2;1-2H3;;;/q3*-1;;;. The van der Waals surface area contributed by atoms with E-state index < -0.39 is 0 Å². The minimum absolute atomic E-state index is 0. The van der Waals surface area contributed by atoms with Gasteiger partial charge in [-0.3, -0.25) is 0 Å². The van der Waals surface area contributed by atoms with Crippen LogP contribution >= 0.6 is 0 Å². The van der Waals surface area contributed by atoms with E-state index in [9.17, 15) is 0 Å². The van der Waals surface area contributed by atoms with Gasteiger partial charge in [0.05, 0.1) is 0 Å². The van der Waals surface area contributed by atoms with Crippen molar-refractivity contribution in [3.05, 3.63) is 16.0 Å². The van der Waals surface area contributed by atoms with Crippen molar-refractivity contribution in [2.24, 2.45) is 5.41 Å². The molecule has 1 saturated carbocycles. The van der Waals surface area contributed by atoms with Crippen molar-refractivity contribution < 1.29 is 98.1 Å². The Bertz CT molecular complexity index is 277. The van der Waals surface area contributed by atoms with E-state index in [-0.39, 0.29) is 98.1 Å². The molecule has 3 radical (unpaired) electrons. The number of nitrogens with zero attached hydrogens (tertiary/aromatic N) is 3. The Labute approximate surface area is 230 Å². The molecule has 3 saturated heterocycles. The molecule has 2 N–H and O–H groups in total. The molecule has 4 aliphatic rings. The Balaban J connectivity index is 0. The number of hydrogen-bond donors (Lipinski definition) is 2. The molecule has 2 spiro atoms. The predicted octanol–water partition coefficient (Wildman–Crippen LogP) is 2.63. The van der Waals surface area contributed by atoms with Gasteiger partial charge in [-0.25, -0.2) is 0 Å². The fraction of sp³-hybridized carbons (Fsp3) is 1.00. The predicted molar refractivity (Wildman–Crippen MR) is 95.1 cm³/mol. The zero-order valence-corrected chi connectivity index (χ0v) is 24.8. The monoisotopic (exact) mass is 575 g/mol. The zero-order chi connectivity index (χ0) is 15.7. The van der Waals surface area contributed by atoms with Crippen molar-refractivity contribution in [3.8, 4) is 0 Å². The molecule has 3 aliphatic heterocycles. The van der Waals surface area contributed by atoms with Crippen LogP contribution in [0.5, 0.6) is 0 Å². The second-order valence-corrected chi connectivity index (χ2v) is 7.15. The number of piperidine rings is 2. The minimum Gasteiger partial charge on any atom is -0.668 e. The van der Waals surface area contributed by atoms with Crippen LogP contribution in [0.3, 0.4) is 0 Å². The maximum atomic E-state index is 4.51. The molecule has 3 heterocycles. The van der Waals surface area contributed by atoms with Crippen molar-refractivity contribution in [2.45, 2.75) is 44.1 Å². The summed E-state index contributed by atoms with van der Waals surface area (Å²) >= 11 is 0. The fourth-order valence-electron chi connectivity index (χ4n) is 3.55. The number of nitrogens with one attached hydrogen (secondary N) is 2. The van der Waals surface area contributed by atoms with E-state index in [2.05, 4.69) is 26.6 Å². The van der Waals surface area contributed by atoms with E-state index in [1.807, 2.05) is 0 Å². The summed E-state index contributed by atoms with van der Waals surface area (Å²) < 4.78 is 0. The molecule has 0 atom stereocenters. The molecular weight excluding hydrogens is 541 g/mol. The van der Waals surface area contributed by atoms with Gasteiger partial charge >= 0.3 is 0 Å². The summed E-state index contributed by atoms with van der Waals surface area (Å²) in [6, 6.07) is 0. The summed E-state index contributed by atoms with van der Waals surface area (Å²) in [6.45, 7) is 8.01. The van der Waals surface area contributed by atoms with Crippen molar-refractivity contribution >= 4 is 0 Å². The van der Waals surface area contributed by atoms with Crippen LogP contribution in [0.2, 0.25) is 0 Å². The summed E-state index contributed by atoms with van der Waals surface area (Å²) in [5.41, 5.74) is 1.14. The van der Waals surface area contributed by atoms with E-state index >= 15 is 0 Å². The minimum atomic E-state index is 0. The van der Waals surface area contributed by atoms with Gasteiger partial charge in [-0.05, 0) is 44.4 Å². The van der Waals surface area contributed by atoms with E-state index in [0.29, 0.717) is 11.0 Å². The molecule has 4 rings (SSSR count). The van der Waals surface area contributed by atoms with Gasteiger partial charge in [0.2, 0.25) is 0 Å². The number of piperazine rings is 1. The number of rotatable bonds is 0. The normalized spacial score (nSPS) is 24.7. The molecule has 4 fully saturated rings. The molecule has 0 aromatic rings. The molecule has 5 nitrogen and oxygen atoms in total. The number of hydrogen-bond acceptors (Lipinski definition) is 2. The van der Waals surface area contributed by atoms with E-state index in [1.165, 1.54) is 51.6 Å². The van der Waals surface area contributed by atoms with Crippen molar-refractivity contribution in [2.75, 3.05) is 59.9 Å². The Hall–Kier alpha value is 3.11. The van der Waals surface area contributed by atoms with E-state index in [4.69, 9.17) is 0 Å². The van der Waals surface area contributed by atoms with Gasteiger partial charge in [0.1, 0.15) is 0 Å². The van der Waals surface area contributed by atoms with Gasteiger partial charge in [-0.15, -0.1) is 25.2 Å². The van der Waals surface area contributed by atoms with Gasteiger partial charge in [-0.1, -0.05) is 25.7 Å². The molecule has 1 aliphatic carbocycles. The van der Waals surface area contributed by atoms with E-state index in [0.717, 1.165) is 32.7 Å². The molecule has 25 heavy (non-hydrogen) atoms. The van der Waals surface area contributed by atoms with Crippen molar-refractivity contribution in [3.63, 3.8) is 0 Å². The quantitative estimate of drug-likeness (QED) is 0.467. The van der Waals surface area contributed by atoms with Gasteiger partial charge in [-0.2, -0.15) is 14.1 Å². The van der Waals surface area contributed by atoms with Crippen molar-refractivity contribution in [1.82, 2.24) is 10.6 Å². The van der Waals surface area contributed by atoms with Crippen LogP contribution in [0.4, 0.5) is 0 Å². The average Bonchev–Trinajstić information content (AvgIpc) is 3.30. The van der Waals surface area contributed by atoms with Gasteiger partial charge < -0.3 is 26.6 Å². The summed E-state index contributed by atoms with van der Waals surface area (Å²) in [4.78, 5) is 0. The first kappa shape index (κ1) is 30.3. The van der Waals surface area contributed by atoms with Crippen LogP contribution in [0.15, 0.2) is 0 Å². The van der Waals surface area contributed by atoms with Gasteiger partial charge in [0.25, 0.3) is 0 Å². The van der Waals surface area contributed by atoms with Crippen molar-refractivity contribution in [1.29, 1.82) is 0 Å². The first-order valence-corrected chi connectivity index (χ1v) is 8.96. The summed E-state index contributed by atoms with van der Waals surface area (Å²) in [5, 5.41) is 19.2. The second-order valence-electron chi connectivity index (χ2n) is 7.15. The third-order valence-electron chi connectivity index (χ3n) is 5.28. The Morgan fingerprint density at radius 3 is 1.68 bits per heavy atom.